The first kappa shape index (κ1) is 39.9. The van der Waals surface area contributed by atoms with Crippen LogP contribution >= 0.6 is 0 Å². The molecule has 9 aromatic rings. The number of aryl methyl sites for hydroxylation is 2. The molecule has 0 unspecified atom stereocenters. The monoisotopic (exact) mass is 976 g/mol. The molecule has 304 valence electrons. The van der Waals surface area contributed by atoms with Crippen molar-refractivity contribution in [1.29, 1.82) is 0 Å². The first-order chi connectivity index (χ1) is 29.1. The number of halogens is 1. The zero-order chi connectivity index (χ0) is 41.1. The van der Waals surface area contributed by atoms with Crippen LogP contribution in [0.5, 0.6) is 11.5 Å². The largest absolute Gasteiger partial charge is 0.509 e. The molecule has 5 nitrogen and oxygen atoms in total. The first-order valence-corrected chi connectivity index (χ1v) is 20.2. The SMILES string of the molecule is Cc1cccc(C)c1-c1cc(Oc2[c-]c3c(cc2)c2ccccc2n3-c2cc(C(C)(C)C)ccn2)[c-]c(N2[CH-]N(c3ccccc3-c3ccc(F)cc3)c3ccccc32)c1.[Pt]. The van der Waals surface area contributed by atoms with E-state index >= 15 is 0 Å². The van der Waals surface area contributed by atoms with Crippen molar-refractivity contribution < 1.29 is 30.2 Å². The van der Waals surface area contributed by atoms with E-state index in [1.807, 2.05) is 36.5 Å². The van der Waals surface area contributed by atoms with Gasteiger partial charge in [-0.2, -0.15) is 6.07 Å². The van der Waals surface area contributed by atoms with Gasteiger partial charge in [-0.3, -0.25) is 0 Å². The molecule has 0 atom stereocenters. The van der Waals surface area contributed by atoms with Crippen molar-refractivity contribution >= 4 is 44.6 Å². The van der Waals surface area contributed by atoms with E-state index in [-0.39, 0.29) is 32.3 Å². The summed E-state index contributed by atoms with van der Waals surface area (Å²) in [6, 6.07) is 58.0. The summed E-state index contributed by atoms with van der Waals surface area (Å²) in [7, 11) is 0. The van der Waals surface area contributed by atoms with Gasteiger partial charge in [0.05, 0.1) is 0 Å². The number of rotatable bonds is 7. The maximum absolute atomic E-state index is 14.0. The summed E-state index contributed by atoms with van der Waals surface area (Å²) in [5.74, 6) is 1.70. The van der Waals surface area contributed by atoms with Crippen LogP contribution in [0, 0.1) is 38.5 Å². The number of anilines is 4. The summed E-state index contributed by atoms with van der Waals surface area (Å²) in [5, 5.41) is 2.19. The van der Waals surface area contributed by atoms with Crippen LogP contribution in [0.2, 0.25) is 0 Å². The molecule has 0 aliphatic carbocycles. The minimum atomic E-state index is -0.263. The van der Waals surface area contributed by atoms with Gasteiger partial charge in [0.15, 0.2) is 0 Å². The van der Waals surface area contributed by atoms with E-state index in [2.05, 4.69) is 177 Å². The third-order valence-corrected chi connectivity index (χ3v) is 11.4. The summed E-state index contributed by atoms with van der Waals surface area (Å²) < 4.78 is 23.1. The quantitative estimate of drug-likeness (QED) is 0.149. The summed E-state index contributed by atoms with van der Waals surface area (Å²) in [6.07, 6.45) is 1.89. The van der Waals surface area contributed by atoms with Crippen molar-refractivity contribution in [3.05, 3.63) is 199 Å². The molecule has 0 bridgehead atoms. The average Bonchev–Trinajstić information content (AvgIpc) is 3.80. The molecule has 7 heteroatoms. The molecular weight excluding hydrogens is 935 g/mol. The first-order valence-electron chi connectivity index (χ1n) is 20.2. The number of ether oxygens (including phenoxy) is 1. The predicted molar refractivity (Wildman–Crippen MR) is 243 cm³/mol. The molecule has 0 N–H and O–H groups in total. The van der Waals surface area contributed by atoms with Crippen LogP contribution in [0.25, 0.3) is 49.9 Å². The average molecular weight is 977 g/mol. The number of nitrogens with zero attached hydrogens (tertiary/aromatic N) is 4. The Morgan fingerprint density at radius 2 is 1.31 bits per heavy atom. The Labute approximate surface area is 371 Å². The van der Waals surface area contributed by atoms with E-state index < -0.39 is 0 Å². The van der Waals surface area contributed by atoms with Crippen LogP contribution in [-0.4, -0.2) is 9.55 Å². The van der Waals surface area contributed by atoms with Gasteiger partial charge in [-0.25, -0.2) is 9.37 Å². The van der Waals surface area contributed by atoms with E-state index in [4.69, 9.17) is 9.72 Å². The Bertz CT molecular complexity index is 3070. The van der Waals surface area contributed by atoms with Gasteiger partial charge in [0, 0.05) is 66.9 Å². The number of hydrogen-bond acceptors (Lipinski definition) is 4. The number of fused-ring (bicyclic) bond motifs is 4. The molecule has 0 amide bonds. The standard InChI is InChI=1S/C54H42FN4O.Pt/c1-35-13-12-14-36(2)53(35)38-29-41(57-34-58(50-20-11-10-19-49(50)57)47-17-8-6-15-44(47)37-21-23-40(55)24-22-37)32-43(30-38)60-42-25-26-46-45-16-7-9-18-48(45)59(51(46)33-42)52-31-39(27-28-56-52)54(3,4)5;/h6-31,34H,1-5H3;/q-3;. The van der Waals surface area contributed by atoms with Crippen molar-refractivity contribution in [2.75, 3.05) is 9.80 Å². The van der Waals surface area contributed by atoms with E-state index in [0.29, 0.717) is 11.5 Å². The van der Waals surface area contributed by atoms with Gasteiger partial charge in [0.1, 0.15) is 11.6 Å². The molecule has 10 rings (SSSR count). The maximum Gasteiger partial charge on any atom is 0.135 e. The van der Waals surface area contributed by atoms with Crippen LogP contribution in [0.4, 0.5) is 27.1 Å². The Balaban J connectivity index is 0.00000476. The van der Waals surface area contributed by atoms with Gasteiger partial charge in [-0.15, -0.1) is 53.6 Å². The summed E-state index contributed by atoms with van der Waals surface area (Å²) >= 11 is 0. The fourth-order valence-electron chi connectivity index (χ4n) is 8.48. The van der Waals surface area contributed by atoms with Crippen molar-refractivity contribution in [3.63, 3.8) is 0 Å². The number of hydrogen-bond donors (Lipinski definition) is 0. The van der Waals surface area contributed by atoms with Crippen molar-refractivity contribution in [1.82, 2.24) is 9.55 Å². The molecule has 0 fully saturated rings. The minimum absolute atomic E-state index is 0. The van der Waals surface area contributed by atoms with E-state index in [9.17, 15) is 4.39 Å². The molecule has 0 spiro atoms. The minimum Gasteiger partial charge on any atom is -0.509 e. The number of aromatic nitrogens is 2. The topological polar surface area (TPSA) is 33.5 Å². The molecule has 1 aliphatic heterocycles. The third kappa shape index (κ3) is 7.29. The van der Waals surface area contributed by atoms with Gasteiger partial charge >= 0.3 is 0 Å². The Morgan fingerprint density at radius 3 is 2.07 bits per heavy atom. The summed E-state index contributed by atoms with van der Waals surface area (Å²) in [4.78, 5) is 9.22. The second-order valence-electron chi connectivity index (χ2n) is 16.4. The fourth-order valence-corrected chi connectivity index (χ4v) is 8.48. The molecule has 7 aromatic carbocycles. The molecule has 61 heavy (non-hydrogen) atoms. The Morgan fingerprint density at radius 1 is 0.623 bits per heavy atom. The second kappa shape index (κ2) is 15.8. The summed E-state index contributed by atoms with van der Waals surface area (Å²) in [6.45, 7) is 13.1. The molecule has 2 aromatic heterocycles. The van der Waals surface area contributed by atoms with Gasteiger partial charge in [-0.1, -0.05) is 105 Å². The summed E-state index contributed by atoms with van der Waals surface area (Å²) in [5.41, 5.74) is 13.3. The van der Waals surface area contributed by atoms with Crippen molar-refractivity contribution in [2.45, 2.75) is 40.0 Å². The maximum atomic E-state index is 14.0. The Kier molecular flexibility index (Phi) is 10.4. The molecule has 0 saturated carbocycles. The van der Waals surface area contributed by atoms with Crippen molar-refractivity contribution in [2.24, 2.45) is 0 Å². The van der Waals surface area contributed by atoms with Crippen LogP contribution < -0.4 is 14.5 Å². The van der Waals surface area contributed by atoms with Gasteiger partial charge in [-0.05, 0) is 101 Å². The molecule has 0 radical (unpaired) electrons. The van der Waals surface area contributed by atoms with Crippen LogP contribution in [0.15, 0.2) is 158 Å². The van der Waals surface area contributed by atoms with Crippen LogP contribution in [-0.2, 0) is 26.5 Å². The Hall–Kier alpha value is -6.49. The zero-order valence-corrected chi connectivity index (χ0v) is 36.8. The van der Waals surface area contributed by atoms with E-state index in [1.165, 1.54) is 28.8 Å². The molecule has 3 heterocycles. The number of benzene rings is 7. The van der Waals surface area contributed by atoms with Gasteiger partial charge in [0.2, 0.25) is 0 Å². The smallest absolute Gasteiger partial charge is 0.135 e. The number of pyridine rings is 1. The molecule has 1 aliphatic rings. The van der Waals surface area contributed by atoms with E-state index in [1.54, 1.807) is 0 Å². The second-order valence-corrected chi connectivity index (χ2v) is 16.4. The normalized spacial score (nSPS) is 12.5. The third-order valence-electron chi connectivity index (χ3n) is 11.4. The number of para-hydroxylation sites is 4. The molecule has 0 saturated heterocycles. The van der Waals surface area contributed by atoms with E-state index in [0.717, 1.165) is 72.6 Å². The molecular formula is C54H42FN4OPt-3. The van der Waals surface area contributed by atoms with Gasteiger partial charge in [0.25, 0.3) is 0 Å². The fraction of sp³-hybridized carbons (Fsp3) is 0.111. The van der Waals surface area contributed by atoms with Gasteiger partial charge < -0.3 is 19.1 Å². The zero-order valence-electron chi connectivity index (χ0n) is 34.5. The predicted octanol–water partition coefficient (Wildman–Crippen LogP) is 14.4. The van der Waals surface area contributed by atoms with Crippen LogP contribution in [0.3, 0.4) is 0 Å². The van der Waals surface area contributed by atoms with Crippen molar-refractivity contribution in [3.8, 4) is 39.6 Å². The van der Waals surface area contributed by atoms with Crippen LogP contribution in [0.1, 0.15) is 37.5 Å².